The van der Waals surface area contributed by atoms with Gasteiger partial charge in [-0.3, -0.25) is 9.89 Å². The lowest BCUT2D eigenvalue weighted by Crippen LogP contribution is -2.19. The predicted molar refractivity (Wildman–Crippen MR) is 101 cm³/mol. The number of anilines is 1. The number of halogens is 1. The summed E-state index contributed by atoms with van der Waals surface area (Å²) in [5.41, 5.74) is 0.349. The van der Waals surface area contributed by atoms with Crippen LogP contribution in [0.25, 0.3) is 11.4 Å². The average molecular weight is 386 g/mol. The fraction of sp³-hybridized carbons (Fsp3) is 0.333. The number of nitrogens with zero attached hydrogens (tertiary/aromatic N) is 4. The van der Waals surface area contributed by atoms with Crippen LogP contribution >= 0.6 is 11.8 Å². The van der Waals surface area contributed by atoms with Crippen molar-refractivity contribution in [3.05, 3.63) is 42.3 Å². The van der Waals surface area contributed by atoms with Crippen molar-refractivity contribution in [3.8, 4) is 11.4 Å². The summed E-state index contributed by atoms with van der Waals surface area (Å²) in [6.45, 7) is 0. The maximum atomic E-state index is 13.8. The molecule has 0 spiro atoms. The van der Waals surface area contributed by atoms with Gasteiger partial charge in [0.1, 0.15) is 11.6 Å². The Bertz CT molecular complexity index is 933. The van der Waals surface area contributed by atoms with Gasteiger partial charge in [-0.1, -0.05) is 36.7 Å². The van der Waals surface area contributed by atoms with Crippen molar-refractivity contribution in [2.45, 2.75) is 36.9 Å². The number of benzene rings is 1. The number of thioether (sulfide) groups is 1. The highest BCUT2D eigenvalue weighted by Crippen LogP contribution is 2.31. The summed E-state index contributed by atoms with van der Waals surface area (Å²) in [4.78, 5) is 16.5. The summed E-state index contributed by atoms with van der Waals surface area (Å²) < 4.78 is 15.7. The van der Waals surface area contributed by atoms with Crippen LogP contribution in [0.4, 0.5) is 10.2 Å². The zero-order chi connectivity index (χ0) is 18.6. The van der Waals surface area contributed by atoms with Gasteiger partial charge in [0, 0.05) is 6.07 Å². The lowest BCUT2D eigenvalue weighted by atomic mass is 10.2. The second-order valence-electron chi connectivity index (χ2n) is 6.38. The quantitative estimate of drug-likeness (QED) is 0.631. The highest BCUT2D eigenvalue weighted by Gasteiger charge is 2.20. The topological polar surface area (TPSA) is 88.5 Å². The maximum Gasteiger partial charge on any atom is 0.235 e. The van der Waals surface area contributed by atoms with Gasteiger partial charge in [-0.15, -0.1) is 5.10 Å². The molecular formula is C18H19FN6OS. The van der Waals surface area contributed by atoms with E-state index in [2.05, 4.69) is 25.6 Å². The molecule has 0 bridgehead atoms. The van der Waals surface area contributed by atoms with Gasteiger partial charge >= 0.3 is 0 Å². The zero-order valence-corrected chi connectivity index (χ0v) is 15.4. The van der Waals surface area contributed by atoms with E-state index in [9.17, 15) is 9.18 Å². The van der Waals surface area contributed by atoms with Crippen LogP contribution in [0.5, 0.6) is 0 Å². The smallest absolute Gasteiger partial charge is 0.235 e. The van der Waals surface area contributed by atoms with Gasteiger partial charge in [-0.25, -0.2) is 14.1 Å². The highest BCUT2D eigenvalue weighted by atomic mass is 32.2. The molecule has 0 unspecified atom stereocenters. The number of carbonyl (C=O) groups is 1. The third kappa shape index (κ3) is 4.02. The third-order valence-corrected chi connectivity index (χ3v) is 5.38. The first kappa shape index (κ1) is 17.7. The fourth-order valence-electron chi connectivity index (χ4n) is 3.25. The number of aromatic amines is 1. The lowest BCUT2D eigenvalue weighted by Gasteiger charge is -2.14. The molecule has 2 N–H and O–H groups in total. The second-order valence-corrected chi connectivity index (χ2v) is 7.33. The molecule has 4 rings (SSSR count). The van der Waals surface area contributed by atoms with Gasteiger partial charge in [0.05, 0.1) is 23.6 Å². The Kier molecular flexibility index (Phi) is 5.19. The van der Waals surface area contributed by atoms with Gasteiger partial charge < -0.3 is 5.32 Å². The molecule has 0 aliphatic heterocycles. The summed E-state index contributed by atoms with van der Waals surface area (Å²) in [7, 11) is 0. The van der Waals surface area contributed by atoms with Crippen LogP contribution in [0.15, 0.2) is 41.7 Å². The fourth-order valence-corrected chi connectivity index (χ4v) is 3.85. The molecule has 1 fully saturated rings. The number of aromatic nitrogens is 5. The summed E-state index contributed by atoms with van der Waals surface area (Å²) >= 11 is 1.19. The normalized spacial score (nSPS) is 14.6. The van der Waals surface area contributed by atoms with Gasteiger partial charge in [0.25, 0.3) is 0 Å². The first-order chi connectivity index (χ1) is 13.2. The molecule has 1 amide bonds. The molecule has 3 aromatic rings. The van der Waals surface area contributed by atoms with E-state index in [4.69, 9.17) is 0 Å². The van der Waals surface area contributed by atoms with E-state index in [0.717, 1.165) is 18.7 Å². The molecule has 1 aliphatic rings. The van der Waals surface area contributed by atoms with Gasteiger partial charge in [0.15, 0.2) is 5.82 Å². The highest BCUT2D eigenvalue weighted by molar-refractivity contribution is 7.99. The Morgan fingerprint density at radius 3 is 2.93 bits per heavy atom. The lowest BCUT2D eigenvalue weighted by molar-refractivity contribution is -0.113. The van der Waals surface area contributed by atoms with E-state index in [-0.39, 0.29) is 17.5 Å². The van der Waals surface area contributed by atoms with E-state index < -0.39 is 0 Å². The molecular weight excluding hydrogens is 367 g/mol. The molecule has 2 aromatic heterocycles. The monoisotopic (exact) mass is 386 g/mol. The van der Waals surface area contributed by atoms with Gasteiger partial charge in [-0.2, -0.15) is 5.10 Å². The number of H-pyrrole nitrogens is 1. The molecule has 0 saturated heterocycles. The predicted octanol–water partition coefficient (Wildman–Crippen LogP) is 3.65. The van der Waals surface area contributed by atoms with Crippen molar-refractivity contribution < 1.29 is 9.18 Å². The van der Waals surface area contributed by atoms with Crippen molar-refractivity contribution in [3.63, 3.8) is 0 Å². The molecule has 27 heavy (non-hydrogen) atoms. The molecule has 1 aromatic carbocycles. The molecule has 1 saturated carbocycles. The average Bonchev–Trinajstić information content (AvgIpc) is 3.42. The molecule has 0 radical (unpaired) electrons. The molecule has 9 heteroatoms. The summed E-state index contributed by atoms with van der Waals surface area (Å²) in [5, 5.41) is 14.4. The van der Waals surface area contributed by atoms with Crippen LogP contribution < -0.4 is 5.32 Å². The van der Waals surface area contributed by atoms with Gasteiger partial charge in [-0.05, 0) is 25.0 Å². The minimum Gasteiger partial charge on any atom is -0.310 e. The maximum absolute atomic E-state index is 13.8. The Labute approximate surface area is 159 Å². The van der Waals surface area contributed by atoms with Crippen molar-refractivity contribution in [1.29, 1.82) is 0 Å². The Balaban J connectivity index is 1.35. The summed E-state index contributed by atoms with van der Waals surface area (Å²) in [5.74, 6) is 0.690. The first-order valence-electron chi connectivity index (χ1n) is 8.84. The SMILES string of the molecule is O=C(CSc1n[nH]c(-c2ccccc2F)n1)Nc1ccnn1C1CCCC1. The van der Waals surface area contributed by atoms with Crippen molar-refractivity contribution in [1.82, 2.24) is 25.0 Å². The number of hydrogen-bond donors (Lipinski definition) is 2. The number of amides is 1. The molecule has 2 heterocycles. The van der Waals surface area contributed by atoms with E-state index in [0.29, 0.717) is 22.6 Å². The minimum atomic E-state index is -0.372. The van der Waals surface area contributed by atoms with Crippen LogP contribution in [-0.4, -0.2) is 36.6 Å². The molecule has 140 valence electrons. The molecule has 7 nitrogen and oxygen atoms in total. The van der Waals surface area contributed by atoms with Crippen LogP contribution in [0, 0.1) is 5.82 Å². The molecule has 1 aliphatic carbocycles. The number of nitrogens with one attached hydrogen (secondary N) is 2. The first-order valence-corrected chi connectivity index (χ1v) is 9.83. The van der Waals surface area contributed by atoms with Crippen LogP contribution in [0.2, 0.25) is 0 Å². The van der Waals surface area contributed by atoms with E-state index in [1.807, 2.05) is 10.7 Å². The summed E-state index contributed by atoms with van der Waals surface area (Å²) in [6.07, 6.45) is 6.29. The van der Waals surface area contributed by atoms with Crippen molar-refractivity contribution in [2.24, 2.45) is 0 Å². The van der Waals surface area contributed by atoms with E-state index >= 15 is 0 Å². The zero-order valence-electron chi connectivity index (χ0n) is 14.6. The van der Waals surface area contributed by atoms with Crippen molar-refractivity contribution >= 4 is 23.5 Å². The van der Waals surface area contributed by atoms with Crippen LogP contribution in [0.3, 0.4) is 0 Å². The van der Waals surface area contributed by atoms with Crippen LogP contribution in [-0.2, 0) is 4.79 Å². The number of hydrogen-bond acceptors (Lipinski definition) is 5. The summed E-state index contributed by atoms with van der Waals surface area (Å²) in [6, 6.07) is 8.51. The second kappa shape index (κ2) is 7.91. The molecule has 0 atom stereocenters. The largest absolute Gasteiger partial charge is 0.310 e. The minimum absolute atomic E-state index is 0.156. The van der Waals surface area contributed by atoms with Crippen molar-refractivity contribution in [2.75, 3.05) is 11.1 Å². The third-order valence-electron chi connectivity index (χ3n) is 4.53. The number of carbonyl (C=O) groups excluding carboxylic acids is 1. The van der Waals surface area contributed by atoms with Gasteiger partial charge in [0.2, 0.25) is 11.1 Å². The van der Waals surface area contributed by atoms with E-state index in [1.165, 1.54) is 30.7 Å². The van der Waals surface area contributed by atoms with Crippen LogP contribution in [0.1, 0.15) is 31.7 Å². The van der Waals surface area contributed by atoms with E-state index in [1.54, 1.807) is 24.4 Å². The number of rotatable bonds is 6. The Morgan fingerprint density at radius 1 is 1.30 bits per heavy atom. The Morgan fingerprint density at radius 2 is 2.11 bits per heavy atom. The standard InChI is InChI=1S/C18H19FN6OS/c19-14-8-4-3-7-13(14)17-22-18(24-23-17)27-11-16(26)21-15-9-10-20-25(15)12-5-1-2-6-12/h3-4,7-10,12H,1-2,5-6,11H2,(H,21,26)(H,22,23,24). The Hall–Kier alpha value is -2.68.